The van der Waals surface area contributed by atoms with E-state index < -0.39 is 0 Å². The summed E-state index contributed by atoms with van der Waals surface area (Å²) in [6.07, 6.45) is 5.82. The van der Waals surface area contributed by atoms with Crippen molar-refractivity contribution in [2.45, 2.75) is 131 Å². The van der Waals surface area contributed by atoms with E-state index in [9.17, 15) is 0 Å². The maximum absolute atomic E-state index is 4.84. The summed E-state index contributed by atoms with van der Waals surface area (Å²) >= 11 is 0. The lowest BCUT2D eigenvalue weighted by atomic mass is 9.80. The SMILES string of the molecule is CC(C)(C)c1ccnc(-c2ccc(-c3ccccc3-c3cc(-c4ccc(C(C)(C)C)cc4-c4ccc(-c5cc(C(C)(C)C)ccn5)cc4)cc(-c4ccc(C(C)(C)C)cc4-c4ccc(-c5cc(C(C)(C)C)ccn5)cc4)c3)cc2)c1. The molecular formula is C77H79N3. The monoisotopic (exact) mass is 1050 g/mol. The van der Waals surface area contributed by atoms with E-state index in [0.29, 0.717) is 0 Å². The second-order valence-corrected chi connectivity index (χ2v) is 27.1. The Bertz CT molecular complexity index is 3680. The number of aromatic nitrogens is 3. The molecule has 3 nitrogen and oxygen atoms in total. The molecule has 7 aromatic carbocycles. The zero-order chi connectivity index (χ0) is 56.9. The van der Waals surface area contributed by atoms with Crippen LogP contribution in [0.1, 0.15) is 132 Å². The molecule has 0 unspecified atom stereocenters. The first-order valence-corrected chi connectivity index (χ1v) is 28.5. The molecule has 0 N–H and O–H groups in total. The average Bonchev–Trinajstić information content (AvgIpc) is 3.47. The number of hydrogen-bond acceptors (Lipinski definition) is 3. The Morgan fingerprint density at radius 3 is 0.725 bits per heavy atom. The summed E-state index contributed by atoms with van der Waals surface area (Å²) in [6.45, 7) is 34.1. The van der Waals surface area contributed by atoms with Crippen molar-refractivity contribution >= 4 is 0 Å². The van der Waals surface area contributed by atoms with Gasteiger partial charge >= 0.3 is 0 Å². The third-order valence-corrected chi connectivity index (χ3v) is 15.9. The number of hydrogen-bond donors (Lipinski definition) is 0. The van der Waals surface area contributed by atoms with E-state index in [2.05, 4.69) is 292 Å². The molecule has 0 spiro atoms. The van der Waals surface area contributed by atoms with E-state index in [0.717, 1.165) is 67.2 Å². The van der Waals surface area contributed by atoms with Gasteiger partial charge in [0.05, 0.1) is 17.1 Å². The van der Waals surface area contributed by atoms with Crippen molar-refractivity contribution in [3.8, 4) is 101 Å². The zero-order valence-electron chi connectivity index (χ0n) is 50.0. The van der Waals surface area contributed by atoms with E-state index in [1.165, 1.54) is 61.2 Å². The minimum Gasteiger partial charge on any atom is -0.256 e. The van der Waals surface area contributed by atoms with Crippen LogP contribution in [0.5, 0.6) is 0 Å². The molecule has 402 valence electrons. The van der Waals surface area contributed by atoms with Gasteiger partial charge in [-0.3, -0.25) is 15.0 Å². The number of pyridine rings is 3. The van der Waals surface area contributed by atoms with Gasteiger partial charge < -0.3 is 0 Å². The predicted octanol–water partition coefficient (Wildman–Crippen LogP) is 21.4. The topological polar surface area (TPSA) is 38.7 Å². The van der Waals surface area contributed by atoms with Crippen molar-refractivity contribution < 1.29 is 0 Å². The van der Waals surface area contributed by atoms with Crippen LogP contribution in [0.3, 0.4) is 0 Å². The van der Waals surface area contributed by atoms with Gasteiger partial charge in [0.2, 0.25) is 0 Å². The smallest absolute Gasteiger partial charge is 0.0704 e. The third kappa shape index (κ3) is 11.9. The Labute approximate surface area is 478 Å². The molecule has 0 fully saturated rings. The van der Waals surface area contributed by atoms with Crippen LogP contribution in [0.4, 0.5) is 0 Å². The molecule has 3 heterocycles. The molecule has 0 aliphatic heterocycles. The number of benzene rings is 7. The minimum absolute atomic E-state index is 0.0200. The van der Waals surface area contributed by atoms with Gasteiger partial charge in [0, 0.05) is 35.3 Å². The lowest BCUT2D eigenvalue weighted by molar-refractivity contribution is 0.589. The van der Waals surface area contributed by atoms with Crippen LogP contribution in [0.25, 0.3) is 101 Å². The van der Waals surface area contributed by atoms with Crippen LogP contribution in [0.2, 0.25) is 0 Å². The standard InChI is InChI=1S/C77H79N3/c1-73(2,3)59-32-34-66(68(45-59)51-22-28-54(29-23-51)71-48-62(37-40-79-71)76(10,11)12)57-42-56(65-19-17-16-18-64(65)50-20-26-53(27-21-50)70-47-61(36-39-78-70)75(7,8)9)43-58(44-57)67-35-33-60(74(4,5)6)46-69(67)52-24-30-55(31-25-52)72-49-63(38-41-80-72)77(13,14)15/h16-49H,1-15H3. The van der Waals surface area contributed by atoms with Crippen LogP contribution in [0.15, 0.2) is 207 Å². The Hall–Kier alpha value is -8.01. The van der Waals surface area contributed by atoms with E-state index >= 15 is 0 Å². The third-order valence-electron chi connectivity index (χ3n) is 15.9. The van der Waals surface area contributed by atoms with Crippen molar-refractivity contribution in [1.29, 1.82) is 0 Å². The first kappa shape index (κ1) is 55.3. The molecular weight excluding hydrogens is 967 g/mol. The van der Waals surface area contributed by atoms with E-state index in [-0.39, 0.29) is 27.1 Å². The summed E-state index contributed by atoms with van der Waals surface area (Å²) < 4.78 is 0. The maximum Gasteiger partial charge on any atom is 0.0704 e. The number of nitrogens with zero attached hydrogens (tertiary/aromatic N) is 3. The lowest BCUT2D eigenvalue weighted by Gasteiger charge is -2.24. The van der Waals surface area contributed by atoms with Crippen molar-refractivity contribution in [3.63, 3.8) is 0 Å². The Morgan fingerprint density at radius 1 is 0.200 bits per heavy atom. The second kappa shape index (κ2) is 21.2. The molecule has 0 bridgehead atoms. The molecule has 0 atom stereocenters. The fraction of sp³-hybridized carbons (Fsp3) is 0.260. The molecule has 3 heteroatoms. The van der Waals surface area contributed by atoms with E-state index in [1.54, 1.807) is 0 Å². The Morgan fingerprint density at radius 2 is 0.438 bits per heavy atom. The zero-order valence-corrected chi connectivity index (χ0v) is 50.0. The summed E-state index contributed by atoms with van der Waals surface area (Å²) in [4.78, 5) is 14.5. The summed E-state index contributed by atoms with van der Waals surface area (Å²) in [5.41, 5.74) is 26.6. The molecule has 3 aromatic heterocycles. The highest BCUT2D eigenvalue weighted by atomic mass is 14.7. The van der Waals surface area contributed by atoms with Crippen molar-refractivity contribution in [2.75, 3.05) is 0 Å². The predicted molar refractivity (Wildman–Crippen MR) is 342 cm³/mol. The van der Waals surface area contributed by atoms with Crippen LogP contribution >= 0.6 is 0 Å². The molecule has 10 rings (SSSR count). The minimum atomic E-state index is -0.0673. The number of rotatable bonds is 9. The van der Waals surface area contributed by atoms with Gasteiger partial charge in [-0.25, -0.2) is 0 Å². The van der Waals surface area contributed by atoms with Crippen LogP contribution < -0.4 is 0 Å². The molecule has 0 amide bonds. The Kier molecular flexibility index (Phi) is 14.7. The van der Waals surface area contributed by atoms with Crippen LogP contribution in [-0.4, -0.2) is 15.0 Å². The highest BCUT2D eigenvalue weighted by molar-refractivity contribution is 5.95. The highest BCUT2D eigenvalue weighted by Crippen LogP contribution is 2.45. The first-order valence-electron chi connectivity index (χ1n) is 28.5. The normalized spacial score (nSPS) is 12.4. The first-order chi connectivity index (χ1) is 37.8. The summed E-state index contributed by atoms with van der Waals surface area (Å²) in [7, 11) is 0. The van der Waals surface area contributed by atoms with Gasteiger partial charge in [0.25, 0.3) is 0 Å². The van der Waals surface area contributed by atoms with E-state index in [1.807, 2.05) is 18.6 Å². The fourth-order valence-electron chi connectivity index (χ4n) is 10.7. The van der Waals surface area contributed by atoms with Crippen molar-refractivity contribution in [1.82, 2.24) is 15.0 Å². The molecule has 10 aromatic rings. The summed E-state index contributed by atoms with van der Waals surface area (Å²) in [5.74, 6) is 0. The summed E-state index contributed by atoms with van der Waals surface area (Å²) in [6, 6.07) is 70.6. The van der Waals surface area contributed by atoms with E-state index in [4.69, 9.17) is 15.0 Å². The van der Waals surface area contributed by atoms with Gasteiger partial charge in [-0.05, 0) is 176 Å². The molecule has 80 heavy (non-hydrogen) atoms. The molecule has 0 radical (unpaired) electrons. The average molecular weight is 1050 g/mol. The van der Waals surface area contributed by atoms with Gasteiger partial charge in [0.1, 0.15) is 0 Å². The molecule has 0 saturated heterocycles. The van der Waals surface area contributed by atoms with Gasteiger partial charge in [-0.15, -0.1) is 0 Å². The van der Waals surface area contributed by atoms with Crippen LogP contribution in [0, 0.1) is 0 Å². The molecule has 0 saturated carbocycles. The highest BCUT2D eigenvalue weighted by Gasteiger charge is 2.24. The van der Waals surface area contributed by atoms with Gasteiger partial charge in [-0.2, -0.15) is 0 Å². The Balaban J connectivity index is 1.17. The van der Waals surface area contributed by atoms with Crippen LogP contribution in [-0.2, 0) is 27.1 Å². The molecule has 0 aliphatic rings. The van der Waals surface area contributed by atoms with Gasteiger partial charge in [-0.1, -0.05) is 237 Å². The summed E-state index contributed by atoms with van der Waals surface area (Å²) in [5, 5.41) is 0. The lowest BCUT2D eigenvalue weighted by Crippen LogP contribution is -2.11. The largest absolute Gasteiger partial charge is 0.256 e. The quantitative estimate of drug-likeness (QED) is 0.145. The molecule has 0 aliphatic carbocycles. The maximum atomic E-state index is 4.84. The van der Waals surface area contributed by atoms with Crippen molar-refractivity contribution in [2.24, 2.45) is 0 Å². The van der Waals surface area contributed by atoms with Crippen molar-refractivity contribution in [3.05, 3.63) is 234 Å². The van der Waals surface area contributed by atoms with Gasteiger partial charge in [0.15, 0.2) is 0 Å². The second-order valence-electron chi connectivity index (χ2n) is 27.1. The fourth-order valence-corrected chi connectivity index (χ4v) is 10.7.